The minimum Gasteiger partial charge on any atom is -0.497 e. The number of fused-ring (bicyclic) bond motifs is 4. The molecule has 2 N–H and O–H groups in total. The Kier molecular flexibility index (Phi) is 7.09. The topological polar surface area (TPSA) is 75.6 Å². The normalized spacial score (nSPS) is 20.4. The lowest BCUT2D eigenvalue weighted by atomic mass is 9.83. The van der Waals surface area contributed by atoms with E-state index < -0.39 is 15.9 Å². The molecule has 3 heterocycles. The minimum atomic E-state index is -1.85. The van der Waals surface area contributed by atoms with Crippen LogP contribution in [0, 0.1) is 5.92 Å². The summed E-state index contributed by atoms with van der Waals surface area (Å²) in [5.41, 5.74) is 1.42. The molecule has 33 heavy (non-hydrogen) atoms. The summed E-state index contributed by atoms with van der Waals surface area (Å²) in [5.74, 6) is 0.652. The third-order valence-corrected chi connectivity index (χ3v) is 7.02. The number of hydrogen-bond donors (Lipinski definition) is 2. The highest BCUT2D eigenvalue weighted by molar-refractivity contribution is 7.80. The summed E-state index contributed by atoms with van der Waals surface area (Å²) >= 11 is 24.1. The number of likely N-dealkylation sites (tertiary alicyclic amines) is 1. The zero-order valence-electron chi connectivity index (χ0n) is 17.8. The van der Waals surface area contributed by atoms with Gasteiger partial charge in [-0.2, -0.15) is 0 Å². The molecular formula is C22H23Cl3N4O3S. The fourth-order valence-corrected chi connectivity index (χ4v) is 5.03. The number of ether oxygens (including phenoxy) is 1. The highest BCUT2D eigenvalue weighted by Gasteiger charge is 2.39. The molecule has 4 rings (SSSR count). The molecule has 1 amide bonds. The van der Waals surface area contributed by atoms with Crippen LogP contribution in [0.2, 0.25) is 0 Å². The molecule has 1 aromatic carbocycles. The third kappa shape index (κ3) is 5.40. The number of nitrogens with one attached hydrogen (secondary N) is 2. The van der Waals surface area contributed by atoms with Gasteiger partial charge in [0.15, 0.2) is 5.11 Å². The van der Waals surface area contributed by atoms with Crippen molar-refractivity contribution in [2.45, 2.75) is 28.8 Å². The molecule has 0 radical (unpaired) electrons. The van der Waals surface area contributed by atoms with Gasteiger partial charge in [-0.1, -0.05) is 40.9 Å². The van der Waals surface area contributed by atoms with E-state index in [2.05, 4.69) is 10.6 Å². The van der Waals surface area contributed by atoms with Crippen molar-refractivity contribution in [1.29, 1.82) is 0 Å². The number of hydrogen-bond acceptors (Lipinski definition) is 4. The monoisotopic (exact) mass is 528 g/mol. The van der Waals surface area contributed by atoms with E-state index in [4.69, 9.17) is 51.8 Å². The van der Waals surface area contributed by atoms with Crippen LogP contribution in [0.25, 0.3) is 0 Å². The van der Waals surface area contributed by atoms with Crippen LogP contribution in [-0.4, -0.2) is 50.6 Å². The lowest BCUT2D eigenvalue weighted by Crippen LogP contribution is -2.60. The summed E-state index contributed by atoms with van der Waals surface area (Å²) in [4.78, 5) is 27.0. The third-order valence-electron chi connectivity index (χ3n) is 5.99. The molecule has 11 heteroatoms. The van der Waals surface area contributed by atoms with E-state index in [1.165, 1.54) is 0 Å². The Morgan fingerprint density at radius 3 is 2.52 bits per heavy atom. The molecule has 2 bridgehead atoms. The van der Waals surface area contributed by atoms with Crippen LogP contribution < -0.4 is 20.9 Å². The summed E-state index contributed by atoms with van der Waals surface area (Å²) < 4.78 is 5.12. The van der Waals surface area contributed by atoms with Crippen molar-refractivity contribution in [3.63, 3.8) is 0 Å². The Hall–Kier alpha value is -2.00. The zero-order valence-corrected chi connectivity index (χ0v) is 20.8. The molecule has 2 aliphatic rings. The number of benzene rings is 1. The molecule has 1 fully saturated rings. The molecule has 1 saturated heterocycles. The smallest absolute Gasteiger partial charge is 0.252 e. The molecule has 3 atom stereocenters. The lowest BCUT2D eigenvalue weighted by Gasteiger charge is -2.44. The highest BCUT2D eigenvalue weighted by Crippen LogP contribution is 2.35. The van der Waals surface area contributed by atoms with Crippen molar-refractivity contribution in [1.82, 2.24) is 20.1 Å². The number of alkyl halides is 3. The van der Waals surface area contributed by atoms with E-state index in [1.807, 2.05) is 15.5 Å². The second kappa shape index (κ2) is 9.70. The Balaban J connectivity index is 1.45. The average Bonchev–Trinajstić information content (AvgIpc) is 2.78. The van der Waals surface area contributed by atoms with Gasteiger partial charge < -0.3 is 24.8 Å². The quantitative estimate of drug-likeness (QED) is 0.360. The maximum atomic E-state index is 12.7. The largest absolute Gasteiger partial charge is 0.497 e. The first-order chi connectivity index (χ1) is 15.7. The Morgan fingerprint density at radius 2 is 1.85 bits per heavy atom. The second-order valence-electron chi connectivity index (χ2n) is 8.23. The van der Waals surface area contributed by atoms with Gasteiger partial charge in [0, 0.05) is 42.9 Å². The Bertz CT molecular complexity index is 1100. The van der Waals surface area contributed by atoms with Gasteiger partial charge in [0.2, 0.25) is 3.79 Å². The van der Waals surface area contributed by atoms with Gasteiger partial charge in [-0.15, -0.1) is 0 Å². The fraction of sp³-hybridized carbons (Fsp3) is 0.409. The maximum absolute atomic E-state index is 12.7. The van der Waals surface area contributed by atoms with Gasteiger partial charge in [0.1, 0.15) is 11.9 Å². The fourth-order valence-electron chi connectivity index (χ4n) is 4.43. The Morgan fingerprint density at radius 1 is 1.12 bits per heavy atom. The molecule has 0 spiro atoms. The van der Waals surface area contributed by atoms with Crippen molar-refractivity contribution in [2.75, 3.05) is 20.2 Å². The van der Waals surface area contributed by atoms with Gasteiger partial charge in [0.25, 0.3) is 11.5 Å². The number of pyridine rings is 1. The SMILES string of the molecule is COc1ccc(C(=O)N[C@H](NC(=S)N2C[C@H]3C[C@H](C2)c2cccc(=O)n2C3)C(Cl)(Cl)Cl)cc1. The summed E-state index contributed by atoms with van der Waals surface area (Å²) in [6.45, 7) is 1.94. The van der Waals surface area contributed by atoms with Crippen molar-refractivity contribution in [3.8, 4) is 5.75 Å². The lowest BCUT2D eigenvalue weighted by molar-refractivity contribution is 0.0932. The van der Waals surface area contributed by atoms with E-state index in [9.17, 15) is 9.59 Å². The number of piperidine rings is 1. The van der Waals surface area contributed by atoms with Crippen LogP contribution in [-0.2, 0) is 6.54 Å². The van der Waals surface area contributed by atoms with Crippen LogP contribution >= 0.6 is 47.0 Å². The maximum Gasteiger partial charge on any atom is 0.252 e. The van der Waals surface area contributed by atoms with Gasteiger partial charge in [-0.25, -0.2) is 0 Å². The van der Waals surface area contributed by atoms with Gasteiger partial charge in [-0.05, 0) is 54.9 Å². The predicted molar refractivity (Wildman–Crippen MR) is 133 cm³/mol. The first kappa shape index (κ1) is 24.1. The van der Waals surface area contributed by atoms with Crippen molar-refractivity contribution in [2.24, 2.45) is 5.92 Å². The van der Waals surface area contributed by atoms with E-state index >= 15 is 0 Å². The minimum absolute atomic E-state index is 0.0221. The molecule has 1 aromatic heterocycles. The molecule has 2 aliphatic heterocycles. The number of thiocarbonyl (C=S) groups is 1. The van der Waals surface area contributed by atoms with Crippen LogP contribution in [0.3, 0.4) is 0 Å². The van der Waals surface area contributed by atoms with Gasteiger partial charge >= 0.3 is 0 Å². The Labute approximate surface area is 211 Å². The van der Waals surface area contributed by atoms with Crippen LogP contribution in [0.15, 0.2) is 47.3 Å². The van der Waals surface area contributed by atoms with E-state index in [1.54, 1.807) is 43.5 Å². The van der Waals surface area contributed by atoms with E-state index in [0.717, 1.165) is 12.1 Å². The number of methoxy groups -OCH3 is 1. The van der Waals surface area contributed by atoms with E-state index in [-0.39, 0.29) is 17.4 Å². The number of halogens is 3. The summed E-state index contributed by atoms with van der Waals surface area (Å²) in [7, 11) is 1.55. The number of rotatable bonds is 4. The predicted octanol–water partition coefficient (Wildman–Crippen LogP) is 3.28. The van der Waals surface area contributed by atoms with Crippen LogP contribution in [0.4, 0.5) is 0 Å². The number of amides is 1. The summed E-state index contributed by atoms with van der Waals surface area (Å²) in [6, 6.07) is 11.9. The molecule has 2 aromatic rings. The van der Waals surface area contributed by atoms with Crippen molar-refractivity contribution < 1.29 is 9.53 Å². The van der Waals surface area contributed by atoms with E-state index in [0.29, 0.717) is 36.1 Å². The molecule has 176 valence electrons. The van der Waals surface area contributed by atoms with Gasteiger partial charge in [0.05, 0.1) is 7.11 Å². The van der Waals surface area contributed by atoms with Crippen LogP contribution in [0.1, 0.15) is 28.4 Å². The first-order valence-electron chi connectivity index (χ1n) is 10.4. The molecule has 7 nitrogen and oxygen atoms in total. The number of nitrogens with zero attached hydrogens (tertiary/aromatic N) is 2. The molecule has 0 aliphatic carbocycles. The van der Waals surface area contributed by atoms with Gasteiger partial charge in [-0.3, -0.25) is 9.59 Å². The zero-order chi connectivity index (χ0) is 23.8. The van der Waals surface area contributed by atoms with Crippen molar-refractivity contribution in [3.05, 3.63) is 64.1 Å². The summed E-state index contributed by atoms with van der Waals surface area (Å²) in [6.07, 6.45) is -0.0636. The molecule has 0 unspecified atom stereocenters. The second-order valence-corrected chi connectivity index (χ2v) is 11.0. The highest BCUT2D eigenvalue weighted by atomic mass is 35.6. The first-order valence-corrected chi connectivity index (χ1v) is 12.0. The standard InChI is InChI=1S/C22H23Cl3N4O3S/c1-32-16-7-5-14(6-8-16)19(31)26-20(22(23,24)25)27-21(33)28-10-13-9-15(12-28)17-3-2-4-18(30)29(17)11-13/h2-8,13,15,20H,9-12H2,1H3,(H,26,31)(H,27,33)/t13-,15-,20-/m1/s1. The number of carbonyl (C=O) groups excluding carboxylic acids is 1. The van der Waals surface area contributed by atoms with Crippen molar-refractivity contribution >= 4 is 58.0 Å². The number of aromatic nitrogens is 1. The summed E-state index contributed by atoms with van der Waals surface area (Å²) in [5, 5.41) is 6.10. The molecular weight excluding hydrogens is 507 g/mol. The number of carbonyl (C=O) groups is 1. The molecule has 0 saturated carbocycles. The van der Waals surface area contributed by atoms with Crippen LogP contribution in [0.5, 0.6) is 5.75 Å². The average molecular weight is 530 g/mol.